The molecule has 18 heavy (non-hydrogen) atoms. The molecule has 0 radical (unpaired) electrons. The summed E-state index contributed by atoms with van der Waals surface area (Å²) < 4.78 is 0. The third-order valence-corrected chi connectivity index (χ3v) is 5.94. The van der Waals surface area contributed by atoms with Crippen molar-refractivity contribution < 1.29 is 0 Å². The molecule has 0 unspecified atom stereocenters. The molecule has 1 N–H and O–H groups in total. The zero-order chi connectivity index (χ0) is 13.2. The number of fused-ring (bicyclic) bond motifs is 3. The fraction of sp³-hybridized carbons (Fsp3) is 0.875. The van der Waals surface area contributed by atoms with E-state index in [1.807, 2.05) is 0 Å². The molecule has 2 heteroatoms. The van der Waals surface area contributed by atoms with Crippen molar-refractivity contribution in [3.8, 4) is 0 Å². The van der Waals surface area contributed by atoms with Crippen LogP contribution in [0, 0.1) is 5.92 Å². The van der Waals surface area contributed by atoms with Gasteiger partial charge in [-0.25, -0.2) is 0 Å². The second kappa shape index (κ2) is 5.34. The predicted octanol–water partition coefficient (Wildman–Crippen LogP) is 3.20. The van der Waals surface area contributed by atoms with Gasteiger partial charge in [0.1, 0.15) is 0 Å². The van der Waals surface area contributed by atoms with E-state index in [4.69, 9.17) is 0 Å². The Kier molecular flexibility index (Phi) is 4.18. The van der Waals surface area contributed by atoms with Crippen LogP contribution in [0.15, 0.2) is 12.7 Å². The zero-order valence-electron chi connectivity index (χ0n) is 12.5. The smallest absolute Gasteiger partial charge is 0.0394 e. The number of nitrogens with one attached hydrogen (secondary N) is 1. The average molecular weight is 250 g/mol. The molecule has 1 aliphatic carbocycles. The van der Waals surface area contributed by atoms with E-state index in [0.717, 1.165) is 12.5 Å². The van der Waals surface area contributed by atoms with Gasteiger partial charge >= 0.3 is 0 Å². The molecule has 0 amide bonds. The Balaban J connectivity index is 2.36. The summed E-state index contributed by atoms with van der Waals surface area (Å²) in [6.45, 7) is 11.0. The van der Waals surface area contributed by atoms with Gasteiger partial charge in [0.25, 0.3) is 0 Å². The predicted molar refractivity (Wildman–Crippen MR) is 78.8 cm³/mol. The second-order valence-corrected chi connectivity index (χ2v) is 6.21. The van der Waals surface area contributed by atoms with Crippen LogP contribution >= 0.6 is 0 Å². The summed E-state index contributed by atoms with van der Waals surface area (Å²) in [4.78, 5) is 2.74. The van der Waals surface area contributed by atoms with Gasteiger partial charge in [-0.1, -0.05) is 19.9 Å². The molecule has 2 saturated heterocycles. The first kappa shape index (κ1) is 14.1. The maximum atomic E-state index is 3.97. The number of piperidine rings is 2. The number of rotatable bonds is 6. The third kappa shape index (κ3) is 1.85. The Labute approximate surface area is 113 Å². The Hall–Kier alpha value is -0.340. The number of likely N-dealkylation sites (N-methyl/N-ethyl adjacent to an activating group) is 1. The van der Waals surface area contributed by atoms with Crippen molar-refractivity contribution in [2.45, 2.75) is 63.5 Å². The lowest BCUT2D eigenvalue weighted by molar-refractivity contribution is -0.0899. The van der Waals surface area contributed by atoms with E-state index in [-0.39, 0.29) is 5.54 Å². The first-order valence-corrected chi connectivity index (χ1v) is 7.73. The lowest BCUT2D eigenvalue weighted by atomic mass is 9.59. The zero-order valence-corrected chi connectivity index (χ0v) is 12.5. The molecule has 3 fully saturated rings. The summed E-state index contributed by atoms with van der Waals surface area (Å²) in [5.74, 6) is 0.940. The van der Waals surface area contributed by atoms with E-state index >= 15 is 0 Å². The van der Waals surface area contributed by atoms with Crippen LogP contribution < -0.4 is 5.32 Å². The molecule has 0 aromatic carbocycles. The Morgan fingerprint density at radius 2 is 1.94 bits per heavy atom. The molecule has 0 spiro atoms. The molecule has 2 bridgehead atoms. The molecule has 0 aromatic heterocycles. The lowest BCUT2D eigenvalue weighted by Gasteiger charge is -2.63. The normalized spacial score (nSPS) is 32.7. The van der Waals surface area contributed by atoms with E-state index in [2.05, 4.69) is 43.8 Å². The van der Waals surface area contributed by atoms with Crippen molar-refractivity contribution in [2.75, 3.05) is 20.1 Å². The molecule has 0 atom stereocenters. The van der Waals surface area contributed by atoms with Crippen molar-refractivity contribution >= 4 is 0 Å². The number of hydrogen-bond donors (Lipinski definition) is 1. The summed E-state index contributed by atoms with van der Waals surface area (Å²) in [6.07, 6.45) is 10.1. The van der Waals surface area contributed by atoms with Gasteiger partial charge in [-0.05, 0) is 51.5 Å². The molecular formula is C16H30N2. The summed E-state index contributed by atoms with van der Waals surface area (Å²) >= 11 is 0. The average Bonchev–Trinajstić information content (AvgIpc) is 2.43. The van der Waals surface area contributed by atoms with Gasteiger partial charge < -0.3 is 5.32 Å². The molecule has 3 aliphatic rings. The van der Waals surface area contributed by atoms with Crippen LogP contribution in [-0.4, -0.2) is 36.1 Å². The van der Waals surface area contributed by atoms with E-state index < -0.39 is 0 Å². The standard InChI is InChI=1S/C16H30N2/c1-5-12-18-13-14-8-10-16(18,11-9-14)15(6-2,7-3)17-4/h5,14,17H,1,6-13H2,2-4H3. The maximum Gasteiger partial charge on any atom is 0.0394 e. The molecule has 2 heterocycles. The Bertz CT molecular complexity index is 277. The highest BCUT2D eigenvalue weighted by Gasteiger charge is 2.56. The van der Waals surface area contributed by atoms with Gasteiger partial charge in [0.2, 0.25) is 0 Å². The van der Waals surface area contributed by atoms with Gasteiger partial charge in [0.05, 0.1) is 0 Å². The lowest BCUT2D eigenvalue weighted by Crippen LogP contribution is -2.73. The second-order valence-electron chi connectivity index (χ2n) is 6.21. The minimum atomic E-state index is 0.279. The van der Waals surface area contributed by atoms with Crippen molar-refractivity contribution in [3.63, 3.8) is 0 Å². The highest BCUT2D eigenvalue weighted by molar-refractivity contribution is 5.15. The van der Waals surface area contributed by atoms with Crippen LogP contribution in [0.4, 0.5) is 0 Å². The first-order valence-electron chi connectivity index (χ1n) is 7.73. The van der Waals surface area contributed by atoms with E-state index in [1.165, 1.54) is 45.1 Å². The monoisotopic (exact) mass is 250 g/mol. The SMILES string of the molecule is C=CCN1CC2CCC1(C(CC)(CC)NC)CC2. The van der Waals surface area contributed by atoms with Crippen molar-refractivity contribution in [2.24, 2.45) is 5.92 Å². The fourth-order valence-electron chi connectivity index (χ4n) is 4.82. The molecule has 104 valence electrons. The van der Waals surface area contributed by atoms with E-state index in [1.54, 1.807) is 0 Å². The number of hydrogen-bond acceptors (Lipinski definition) is 2. The summed E-state index contributed by atoms with van der Waals surface area (Å²) in [6, 6.07) is 0. The summed E-state index contributed by atoms with van der Waals surface area (Å²) in [7, 11) is 2.16. The number of nitrogens with zero attached hydrogens (tertiary/aromatic N) is 1. The Morgan fingerprint density at radius 1 is 1.33 bits per heavy atom. The topological polar surface area (TPSA) is 15.3 Å². The van der Waals surface area contributed by atoms with Crippen LogP contribution in [0.3, 0.4) is 0 Å². The highest BCUT2D eigenvalue weighted by atomic mass is 15.3. The van der Waals surface area contributed by atoms with E-state index in [0.29, 0.717) is 5.54 Å². The molecule has 3 rings (SSSR count). The largest absolute Gasteiger partial charge is 0.313 e. The van der Waals surface area contributed by atoms with Crippen molar-refractivity contribution in [1.82, 2.24) is 10.2 Å². The van der Waals surface area contributed by atoms with Gasteiger partial charge in [-0.3, -0.25) is 4.90 Å². The highest BCUT2D eigenvalue weighted by Crippen LogP contribution is 2.50. The quantitative estimate of drug-likeness (QED) is 0.728. The van der Waals surface area contributed by atoms with Crippen LogP contribution in [0.5, 0.6) is 0 Å². The summed E-state index contributed by atoms with van der Waals surface area (Å²) in [5, 5.41) is 3.71. The third-order valence-electron chi connectivity index (χ3n) is 5.94. The molecule has 2 nitrogen and oxygen atoms in total. The van der Waals surface area contributed by atoms with E-state index in [9.17, 15) is 0 Å². The first-order chi connectivity index (χ1) is 8.68. The van der Waals surface area contributed by atoms with Gasteiger partial charge in [0.15, 0.2) is 0 Å². The van der Waals surface area contributed by atoms with Crippen molar-refractivity contribution in [3.05, 3.63) is 12.7 Å². The molecular weight excluding hydrogens is 220 g/mol. The summed E-state index contributed by atoms with van der Waals surface area (Å²) in [5.41, 5.74) is 0.648. The molecule has 1 saturated carbocycles. The molecule has 0 aromatic rings. The molecule has 2 aliphatic heterocycles. The minimum Gasteiger partial charge on any atom is -0.313 e. The van der Waals surface area contributed by atoms with Gasteiger partial charge in [-0.15, -0.1) is 6.58 Å². The maximum absolute atomic E-state index is 3.97. The van der Waals surface area contributed by atoms with Crippen LogP contribution in [0.1, 0.15) is 52.4 Å². The van der Waals surface area contributed by atoms with Crippen LogP contribution in [-0.2, 0) is 0 Å². The van der Waals surface area contributed by atoms with Crippen molar-refractivity contribution in [1.29, 1.82) is 0 Å². The fourth-order valence-corrected chi connectivity index (χ4v) is 4.82. The minimum absolute atomic E-state index is 0.279. The van der Waals surface area contributed by atoms with Gasteiger partial charge in [0, 0.05) is 24.2 Å². The van der Waals surface area contributed by atoms with Crippen LogP contribution in [0.2, 0.25) is 0 Å². The van der Waals surface area contributed by atoms with Crippen LogP contribution in [0.25, 0.3) is 0 Å². The Morgan fingerprint density at radius 3 is 2.39 bits per heavy atom. The van der Waals surface area contributed by atoms with Gasteiger partial charge in [-0.2, -0.15) is 0 Å².